The highest BCUT2D eigenvalue weighted by Gasteiger charge is 2.12. The van der Waals surface area contributed by atoms with Crippen molar-refractivity contribution in [1.29, 1.82) is 0 Å². The van der Waals surface area contributed by atoms with Crippen LogP contribution < -0.4 is 15.7 Å². The fourth-order valence-electron chi connectivity index (χ4n) is 1.72. The van der Waals surface area contributed by atoms with Gasteiger partial charge in [-0.2, -0.15) is 0 Å². The summed E-state index contributed by atoms with van der Waals surface area (Å²) in [5, 5.41) is 3.07. The van der Waals surface area contributed by atoms with Crippen LogP contribution in [-0.2, 0) is 0 Å². The first kappa shape index (κ1) is 12.2. The van der Waals surface area contributed by atoms with Crippen molar-refractivity contribution in [3.63, 3.8) is 0 Å². The minimum atomic E-state index is -0.560. The van der Waals surface area contributed by atoms with E-state index >= 15 is 0 Å². The van der Waals surface area contributed by atoms with E-state index in [2.05, 4.69) is 5.32 Å². The molecule has 0 spiro atoms. The van der Waals surface area contributed by atoms with Crippen LogP contribution in [0.1, 0.15) is 17.3 Å². The van der Waals surface area contributed by atoms with Crippen LogP contribution in [0.15, 0.2) is 33.5 Å². The van der Waals surface area contributed by atoms with Gasteiger partial charge in [0.1, 0.15) is 11.3 Å². The van der Waals surface area contributed by atoms with E-state index in [9.17, 15) is 9.59 Å². The molecule has 0 aliphatic rings. The molecule has 5 nitrogen and oxygen atoms in total. The first-order chi connectivity index (χ1) is 8.65. The molecule has 0 unspecified atom stereocenters. The molecule has 0 atom stereocenters. The molecule has 0 aliphatic carbocycles. The minimum Gasteiger partial charge on any atom is -0.494 e. The standard InChI is InChI=1S/C13H13NO4/c1-3-17-8-4-5-9-10(13(16)14-2)7-12(15)18-11(9)6-8/h4-7H,3H2,1-2H3,(H,14,16). The molecule has 0 bridgehead atoms. The molecular formula is C13H13NO4. The summed E-state index contributed by atoms with van der Waals surface area (Å²) in [5.74, 6) is 0.277. The van der Waals surface area contributed by atoms with Crippen LogP contribution in [0, 0.1) is 0 Å². The van der Waals surface area contributed by atoms with E-state index in [-0.39, 0.29) is 5.91 Å². The van der Waals surface area contributed by atoms with Gasteiger partial charge in [0.15, 0.2) is 0 Å². The smallest absolute Gasteiger partial charge is 0.337 e. The first-order valence-corrected chi connectivity index (χ1v) is 5.58. The third-order valence-corrected chi connectivity index (χ3v) is 2.50. The Kier molecular flexibility index (Phi) is 3.32. The average Bonchev–Trinajstić information content (AvgIpc) is 2.36. The second kappa shape index (κ2) is 4.91. The Bertz CT molecular complexity index is 645. The Morgan fingerprint density at radius 3 is 2.83 bits per heavy atom. The molecule has 1 amide bonds. The zero-order chi connectivity index (χ0) is 13.1. The second-order valence-electron chi connectivity index (χ2n) is 3.65. The van der Waals surface area contributed by atoms with Crippen molar-refractivity contribution in [1.82, 2.24) is 5.32 Å². The van der Waals surface area contributed by atoms with Gasteiger partial charge in [-0.1, -0.05) is 0 Å². The molecule has 18 heavy (non-hydrogen) atoms. The van der Waals surface area contributed by atoms with Crippen molar-refractivity contribution in [2.24, 2.45) is 0 Å². The van der Waals surface area contributed by atoms with Crippen LogP contribution in [0.4, 0.5) is 0 Å². The van der Waals surface area contributed by atoms with Gasteiger partial charge in [-0.3, -0.25) is 4.79 Å². The number of fused-ring (bicyclic) bond motifs is 1. The lowest BCUT2D eigenvalue weighted by molar-refractivity contribution is 0.0964. The zero-order valence-corrected chi connectivity index (χ0v) is 10.1. The predicted molar refractivity (Wildman–Crippen MR) is 67.0 cm³/mol. The summed E-state index contributed by atoms with van der Waals surface area (Å²) in [6, 6.07) is 6.22. The van der Waals surface area contributed by atoms with E-state index in [1.807, 2.05) is 6.92 Å². The van der Waals surface area contributed by atoms with Gasteiger partial charge >= 0.3 is 5.63 Å². The molecule has 1 aromatic carbocycles. The van der Waals surface area contributed by atoms with E-state index < -0.39 is 5.63 Å². The maximum Gasteiger partial charge on any atom is 0.337 e. The highest BCUT2D eigenvalue weighted by molar-refractivity contribution is 6.05. The summed E-state index contributed by atoms with van der Waals surface area (Å²) in [6.45, 7) is 2.38. The number of nitrogens with one attached hydrogen (secondary N) is 1. The number of hydrogen-bond acceptors (Lipinski definition) is 4. The molecule has 0 aliphatic heterocycles. The SMILES string of the molecule is CCOc1ccc2c(C(=O)NC)cc(=O)oc2c1. The molecule has 0 radical (unpaired) electrons. The highest BCUT2D eigenvalue weighted by Crippen LogP contribution is 2.22. The van der Waals surface area contributed by atoms with Crippen LogP contribution in [0.2, 0.25) is 0 Å². The zero-order valence-electron chi connectivity index (χ0n) is 10.1. The number of hydrogen-bond donors (Lipinski definition) is 1. The molecule has 5 heteroatoms. The number of ether oxygens (including phenoxy) is 1. The Hall–Kier alpha value is -2.30. The first-order valence-electron chi connectivity index (χ1n) is 5.58. The lowest BCUT2D eigenvalue weighted by Crippen LogP contribution is -2.19. The van der Waals surface area contributed by atoms with Crippen molar-refractivity contribution < 1.29 is 13.9 Å². The Morgan fingerprint density at radius 2 is 2.17 bits per heavy atom. The monoisotopic (exact) mass is 247 g/mol. The molecular weight excluding hydrogens is 234 g/mol. The third-order valence-electron chi connectivity index (χ3n) is 2.50. The molecule has 0 saturated heterocycles. The summed E-state index contributed by atoms with van der Waals surface area (Å²) in [7, 11) is 1.51. The van der Waals surface area contributed by atoms with Crippen molar-refractivity contribution in [2.45, 2.75) is 6.92 Å². The number of amides is 1. The van der Waals surface area contributed by atoms with Gasteiger partial charge in [0.05, 0.1) is 12.2 Å². The molecule has 2 rings (SSSR count). The fraction of sp³-hybridized carbons (Fsp3) is 0.231. The van der Waals surface area contributed by atoms with Crippen molar-refractivity contribution in [2.75, 3.05) is 13.7 Å². The fourth-order valence-corrected chi connectivity index (χ4v) is 1.72. The van der Waals surface area contributed by atoms with Gasteiger partial charge in [-0.05, 0) is 19.1 Å². The molecule has 0 saturated carbocycles. The summed E-state index contributed by atoms with van der Waals surface area (Å²) in [4.78, 5) is 23.1. The van der Waals surface area contributed by atoms with Gasteiger partial charge in [-0.15, -0.1) is 0 Å². The summed E-state index contributed by atoms with van der Waals surface area (Å²) < 4.78 is 10.4. The van der Waals surface area contributed by atoms with Crippen LogP contribution in [0.25, 0.3) is 11.0 Å². The summed E-state index contributed by atoms with van der Waals surface area (Å²) >= 11 is 0. The van der Waals surface area contributed by atoms with Crippen LogP contribution >= 0.6 is 0 Å². The third kappa shape index (κ3) is 2.20. The molecule has 0 fully saturated rings. The number of carbonyl (C=O) groups excluding carboxylic acids is 1. The maximum atomic E-state index is 11.7. The second-order valence-corrected chi connectivity index (χ2v) is 3.65. The van der Waals surface area contributed by atoms with Crippen molar-refractivity contribution in [3.05, 3.63) is 40.2 Å². The van der Waals surface area contributed by atoms with Crippen LogP contribution in [-0.4, -0.2) is 19.6 Å². The molecule has 1 heterocycles. The van der Waals surface area contributed by atoms with Crippen molar-refractivity contribution in [3.8, 4) is 5.75 Å². The van der Waals surface area contributed by atoms with Gasteiger partial charge in [-0.25, -0.2) is 4.79 Å². The molecule has 94 valence electrons. The Labute approximate surface area is 103 Å². The minimum absolute atomic E-state index is 0.298. The number of carbonyl (C=O) groups is 1. The topological polar surface area (TPSA) is 68.5 Å². The van der Waals surface area contributed by atoms with E-state index in [4.69, 9.17) is 9.15 Å². The largest absolute Gasteiger partial charge is 0.494 e. The van der Waals surface area contributed by atoms with Gasteiger partial charge in [0, 0.05) is 24.6 Å². The lowest BCUT2D eigenvalue weighted by atomic mass is 10.1. The average molecular weight is 247 g/mol. The van der Waals surface area contributed by atoms with E-state index in [0.29, 0.717) is 28.9 Å². The van der Waals surface area contributed by atoms with E-state index in [1.165, 1.54) is 13.1 Å². The predicted octanol–water partition coefficient (Wildman–Crippen LogP) is 1.55. The van der Waals surface area contributed by atoms with Crippen LogP contribution in [0.3, 0.4) is 0 Å². The van der Waals surface area contributed by atoms with Gasteiger partial charge in [0.25, 0.3) is 5.91 Å². The molecule has 1 aromatic heterocycles. The Morgan fingerprint density at radius 1 is 1.39 bits per heavy atom. The number of benzene rings is 1. The number of rotatable bonds is 3. The summed E-state index contributed by atoms with van der Waals surface area (Å²) in [6.07, 6.45) is 0. The molecule has 2 aromatic rings. The van der Waals surface area contributed by atoms with E-state index in [0.717, 1.165) is 0 Å². The van der Waals surface area contributed by atoms with Gasteiger partial charge in [0.2, 0.25) is 0 Å². The molecule has 1 N–H and O–H groups in total. The lowest BCUT2D eigenvalue weighted by Gasteiger charge is -2.06. The normalized spacial score (nSPS) is 10.3. The maximum absolute atomic E-state index is 11.7. The van der Waals surface area contributed by atoms with Crippen LogP contribution in [0.5, 0.6) is 5.75 Å². The van der Waals surface area contributed by atoms with E-state index in [1.54, 1.807) is 18.2 Å². The summed E-state index contributed by atoms with van der Waals surface area (Å²) in [5.41, 5.74) is 0.0774. The highest BCUT2D eigenvalue weighted by atomic mass is 16.5. The van der Waals surface area contributed by atoms with Crippen molar-refractivity contribution >= 4 is 16.9 Å². The van der Waals surface area contributed by atoms with Gasteiger partial charge < -0.3 is 14.5 Å². The quantitative estimate of drug-likeness (QED) is 0.835. The Balaban J connectivity index is 2.66.